The van der Waals surface area contributed by atoms with E-state index in [0.717, 1.165) is 18.4 Å². The van der Waals surface area contributed by atoms with Gasteiger partial charge in [-0.25, -0.2) is 10.5 Å². The van der Waals surface area contributed by atoms with Crippen LogP contribution in [0.15, 0.2) is 47.9 Å². The number of carbonyl (C=O) groups is 4. The van der Waals surface area contributed by atoms with Crippen molar-refractivity contribution in [3.05, 3.63) is 48.5 Å². The van der Waals surface area contributed by atoms with Crippen LogP contribution in [0.3, 0.4) is 0 Å². The highest BCUT2D eigenvalue weighted by Gasteiger charge is 2.35. The van der Waals surface area contributed by atoms with Crippen molar-refractivity contribution in [1.82, 2.24) is 25.5 Å². The smallest absolute Gasteiger partial charge is 0.289 e. The predicted octanol–water partition coefficient (Wildman–Crippen LogP) is 5.21. The molecule has 0 radical (unpaired) electrons. The van der Waals surface area contributed by atoms with Crippen molar-refractivity contribution in [2.75, 3.05) is 6.54 Å². The first kappa shape index (κ1) is 40.6. The van der Waals surface area contributed by atoms with Gasteiger partial charge in [0.1, 0.15) is 12.7 Å². The van der Waals surface area contributed by atoms with Crippen molar-refractivity contribution in [2.45, 2.75) is 104 Å². The third-order valence-electron chi connectivity index (χ3n) is 8.35. The Labute approximate surface area is 284 Å². The second kappa shape index (κ2) is 20.0. The minimum Gasteiger partial charge on any atom is -0.289 e. The third kappa shape index (κ3) is 14.2. The first-order valence-electron chi connectivity index (χ1n) is 16.7. The number of rotatable bonds is 14. The van der Waals surface area contributed by atoms with Crippen molar-refractivity contribution in [3.63, 3.8) is 0 Å². The molecular formula is C34H53N5O8S. The van der Waals surface area contributed by atoms with E-state index in [1.165, 1.54) is 72.5 Å². The quantitative estimate of drug-likeness (QED) is 0.0893. The molecule has 1 aromatic heterocycles. The molecule has 48 heavy (non-hydrogen) atoms. The molecule has 0 saturated heterocycles. The zero-order valence-electron chi connectivity index (χ0n) is 28.8. The number of aromatic nitrogens is 2. The number of imidazole rings is 1. The number of nitrogens with one attached hydrogen (secondary N) is 2. The Hall–Kier alpha value is -3.62. The summed E-state index contributed by atoms with van der Waals surface area (Å²) in [5.74, 6) is -2.69. The first-order valence-corrected chi connectivity index (χ1v) is 18.2. The van der Waals surface area contributed by atoms with Gasteiger partial charge in [0, 0.05) is 18.9 Å². The number of amides is 3. The molecule has 1 aromatic carbocycles. The number of hydrogen-bond donors (Lipinski definition) is 4. The van der Waals surface area contributed by atoms with Crippen LogP contribution in [0.4, 0.5) is 0 Å². The summed E-state index contributed by atoms with van der Waals surface area (Å²) < 4.78 is 30.8. The monoisotopic (exact) mass is 691 g/mol. The summed E-state index contributed by atoms with van der Waals surface area (Å²) in [6, 6.07) is 5.99. The zero-order valence-corrected chi connectivity index (χ0v) is 29.6. The lowest BCUT2D eigenvalue weighted by atomic mass is 9.79. The van der Waals surface area contributed by atoms with Gasteiger partial charge in [-0.15, -0.1) is 0 Å². The fourth-order valence-electron chi connectivity index (χ4n) is 5.89. The molecule has 0 unspecified atom stereocenters. The van der Waals surface area contributed by atoms with E-state index in [-0.39, 0.29) is 23.3 Å². The highest BCUT2D eigenvalue weighted by atomic mass is 32.2. The number of hydrazine groups is 1. The molecule has 14 heteroatoms. The number of hydroxylamine groups is 1. The molecule has 1 aliphatic rings. The number of nitrogens with zero attached hydrogens (tertiary/aromatic N) is 3. The average Bonchev–Trinajstić information content (AvgIpc) is 3.57. The topological polar surface area (TPSA) is 188 Å². The molecular weight excluding hydrogens is 638 g/mol. The molecule has 3 amide bonds. The Morgan fingerprint density at radius 2 is 1.62 bits per heavy atom. The minimum absolute atomic E-state index is 0.0307. The first-order chi connectivity index (χ1) is 22.6. The molecule has 4 N–H and O–H groups in total. The zero-order chi connectivity index (χ0) is 35.9. The summed E-state index contributed by atoms with van der Waals surface area (Å²) in [5.41, 5.74) is 5.42. The number of carbonyl (C=O) groups excluding carboxylic acids is 4. The van der Waals surface area contributed by atoms with Crippen LogP contribution in [0.5, 0.6) is 0 Å². The number of benzene rings is 1. The predicted molar refractivity (Wildman–Crippen MR) is 180 cm³/mol. The van der Waals surface area contributed by atoms with Gasteiger partial charge in [-0.3, -0.25) is 43.9 Å². The van der Waals surface area contributed by atoms with Crippen molar-refractivity contribution in [1.29, 1.82) is 0 Å². The van der Waals surface area contributed by atoms with Crippen LogP contribution in [0.2, 0.25) is 0 Å². The Morgan fingerprint density at radius 3 is 2.15 bits per heavy atom. The van der Waals surface area contributed by atoms with Crippen LogP contribution >= 0.6 is 0 Å². The van der Waals surface area contributed by atoms with E-state index in [4.69, 9.17) is 4.55 Å². The van der Waals surface area contributed by atoms with E-state index in [1.807, 2.05) is 34.6 Å². The Kier molecular flexibility index (Phi) is 16.9. The molecule has 0 spiro atoms. The maximum absolute atomic E-state index is 13.5. The maximum atomic E-state index is 13.5. The summed E-state index contributed by atoms with van der Waals surface area (Å²) in [4.78, 5) is 55.5. The molecule has 2 aromatic rings. The van der Waals surface area contributed by atoms with Gasteiger partial charge in [-0.05, 0) is 49.7 Å². The SMILES string of the molecule is CC(C)C[C@@H](C(=O)NN(CC(C)C)C(=O)CC(=O)n1ccnc1)[C@H](CCCC1CCCCC1)C(=O)NO.Cc1ccc(S(=O)(=O)O)cc1. The maximum Gasteiger partial charge on any atom is 0.294 e. The minimum atomic E-state index is -4.02. The molecule has 2 atom stereocenters. The summed E-state index contributed by atoms with van der Waals surface area (Å²) in [6.07, 6.45) is 12.7. The van der Waals surface area contributed by atoms with Crippen molar-refractivity contribution in [2.24, 2.45) is 29.6 Å². The summed E-state index contributed by atoms with van der Waals surface area (Å²) in [5, 5.41) is 10.6. The van der Waals surface area contributed by atoms with Gasteiger partial charge in [-0.2, -0.15) is 8.42 Å². The van der Waals surface area contributed by atoms with E-state index >= 15 is 0 Å². The van der Waals surface area contributed by atoms with Crippen molar-refractivity contribution >= 4 is 33.7 Å². The van der Waals surface area contributed by atoms with Crippen LogP contribution in [-0.2, 0) is 24.5 Å². The Balaban J connectivity index is 0.000000613. The summed E-state index contributed by atoms with van der Waals surface area (Å²) in [7, 11) is -4.02. The second-order valence-electron chi connectivity index (χ2n) is 13.5. The summed E-state index contributed by atoms with van der Waals surface area (Å²) >= 11 is 0. The fraction of sp³-hybridized carbons (Fsp3) is 0.618. The van der Waals surface area contributed by atoms with Crippen LogP contribution < -0.4 is 10.9 Å². The van der Waals surface area contributed by atoms with Crippen molar-refractivity contribution < 1.29 is 37.4 Å². The lowest BCUT2D eigenvalue weighted by Crippen LogP contribution is -2.52. The van der Waals surface area contributed by atoms with Crippen LogP contribution in [0.1, 0.15) is 102 Å². The average molecular weight is 692 g/mol. The van der Waals surface area contributed by atoms with Crippen LogP contribution in [-0.4, -0.2) is 62.9 Å². The highest BCUT2D eigenvalue weighted by molar-refractivity contribution is 7.85. The largest absolute Gasteiger partial charge is 0.294 e. The normalized spacial score (nSPS) is 14.9. The van der Waals surface area contributed by atoms with E-state index in [0.29, 0.717) is 18.8 Å². The molecule has 1 saturated carbocycles. The molecule has 3 rings (SSSR count). The van der Waals surface area contributed by atoms with Crippen molar-refractivity contribution in [3.8, 4) is 0 Å². The van der Waals surface area contributed by atoms with E-state index in [2.05, 4.69) is 10.4 Å². The molecule has 0 aliphatic heterocycles. The lowest BCUT2D eigenvalue weighted by Gasteiger charge is -2.31. The van der Waals surface area contributed by atoms with Gasteiger partial charge < -0.3 is 0 Å². The Bertz CT molecular complexity index is 1410. The van der Waals surface area contributed by atoms with Crippen LogP contribution in [0, 0.1) is 36.5 Å². The van der Waals surface area contributed by atoms with Gasteiger partial charge >= 0.3 is 0 Å². The number of aryl methyl sites for hydroxylation is 1. The highest BCUT2D eigenvalue weighted by Crippen LogP contribution is 2.31. The third-order valence-corrected chi connectivity index (χ3v) is 9.22. The number of hydrogen-bond acceptors (Lipinski definition) is 8. The second-order valence-corrected chi connectivity index (χ2v) is 14.9. The van der Waals surface area contributed by atoms with Gasteiger partial charge in [-0.1, -0.05) is 90.3 Å². The van der Waals surface area contributed by atoms with E-state index < -0.39 is 52.0 Å². The molecule has 268 valence electrons. The van der Waals surface area contributed by atoms with E-state index in [9.17, 15) is 32.8 Å². The standard InChI is InChI=1S/C27H45N5O5.C7H8O3S/c1-19(2)15-23(22(27(36)30-37)12-8-11-21-9-6-5-7-10-21)26(35)29-32(17-20(3)4)25(34)16-24(33)31-14-13-28-18-31;1-6-2-4-7(5-3-6)11(8,9)10/h13-14,18-23,37H,5-12,15-17H2,1-4H3,(H,29,35)(H,30,36);2-5H,1H3,(H,8,9,10)/t22-,23+;/m0./s1. The van der Waals surface area contributed by atoms with Crippen LogP contribution in [0.25, 0.3) is 0 Å². The van der Waals surface area contributed by atoms with Gasteiger partial charge in [0.25, 0.3) is 10.1 Å². The summed E-state index contributed by atoms with van der Waals surface area (Å²) in [6.45, 7) is 9.81. The lowest BCUT2D eigenvalue weighted by molar-refractivity contribution is -0.147. The molecule has 1 heterocycles. The fourth-order valence-corrected chi connectivity index (χ4v) is 6.37. The molecule has 0 bridgehead atoms. The molecule has 1 aliphatic carbocycles. The molecule has 13 nitrogen and oxygen atoms in total. The Morgan fingerprint density at radius 1 is 0.979 bits per heavy atom. The van der Waals surface area contributed by atoms with Gasteiger partial charge in [0.2, 0.25) is 23.6 Å². The van der Waals surface area contributed by atoms with Gasteiger partial charge in [0.15, 0.2) is 0 Å². The van der Waals surface area contributed by atoms with E-state index in [1.54, 1.807) is 17.6 Å². The molecule has 1 fully saturated rings. The van der Waals surface area contributed by atoms with Gasteiger partial charge in [0.05, 0.1) is 16.7 Å².